The molecule has 0 aliphatic rings. The highest BCUT2D eigenvalue weighted by Crippen LogP contribution is 2.21. The minimum Gasteiger partial charge on any atom is -0.398 e. The number of nitrogens with two attached hydrogens (primary N) is 1. The number of anilines is 1. The summed E-state index contributed by atoms with van der Waals surface area (Å²) in [6, 6.07) is 5.12. The van der Waals surface area contributed by atoms with E-state index >= 15 is 0 Å². The van der Waals surface area contributed by atoms with Crippen LogP contribution in [0, 0.1) is 0 Å². The Balaban J connectivity index is 2.69. The normalized spacial score (nSPS) is 12.1. The molecule has 0 aliphatic carbocycles. The van der Waals surface area contributed by atoms with Crippen molar-refractivity contribution in [1.82, 2.24) is 5.32 Å². The minimum atomic E-state index is -1.41. The molecule has 0 aromatic heterocycles. The van der Waals surface area contributed by atoms with Gasteiger partial charge in [0.05, 0.1) is 15.7 Å². The second-order valence-corrected chi connectivity index (χ2v) is 5.86. The molecule has 0 heterocycles. The summed E-state index contributed by atoms with van der Waals surface area (Å²) in [7, 11) is -1.41. The summed E-state index contributed by atoms with van der Waals surface area (Å²) in [4.78, 5) is 11.9. The molecule has 1 unspecified atom stereocenters. The summed E-state index contributed by atoms with van der Waals surface area (Å²) in [6.07, 6.45) is 0.859. The van der Waals surface area contributed by atoms with Crippen LogP contribution in [0.5, 0.6) is 0 Å². The van der Waals surface area contributed by atoms with Gasteiger partial charge in [-0.15, -0.1) is 0 Å². The predicted molar refractivity (Wildman–Crippen MR) is 73.1 cm³/mol. The van der Waals surface area contributed by atoms with E-state index in [-0.39, 0.29) is 11.7 Å². The third-order valence-corrected chi connectivity index (χ3v) is 3.92. The molecule has 6 heteroatoms. The Hall–Kier alpha value is -0.880. The number of benzene rings is 1. The summed E-state index contributed by atoms with van der Waals surface area (Å²) in [5.74, 6) is -0.273. The lowest BCUT2D eigenvalue weighted by atomic mass is 10.3. The van der Waals surface area contributed by atoms with Crippen LogP contribution >= 0.6 is 15.9 Å². The van der Waals surface area contributed by atoms with Gasteiger partial charge in [-0.25, -0.2) is 0 Å². The first kappa shape index (κ1) is 14.2. The Bertz CT molecular complexity index is 437. The number of rotatable bonds is 5. The van der Waals surface area contributed by atoms with Crippen LogP contribution in [0.3, 0.4) is 0 Å². The lowest BCUT2D eigenvalue weighted by Crippen LogP contribution is -2.29. The number of halogens is 1. The lowest BCUT2D eigenvalue weighted by Gasteiger charge is -2.06. The van der Waals surface area contributed by atoms with Crippen LogP contribution in [0.1, 0.15) is 13.3 Å². The number of nitrogens with one attached hydrogen (secondary N) is 1. The third-order valence-electron chi connectivity index (χ3n) is 2.06. The summed E-state index contributed by atoms with van der Waals surface area (Å²) < 4.78 is 12.7. The largest absolute Gasteiger partial charge is 0.398 e. The molecule has 0 saturated carbocycles. The Morgan fingerprint density at radius 2 is 2.24 bits per heavy atom. The molecule has 1 aromatic carbocycles. The molecule has 94 valence electrons. The highest BCUT2D eigenvalue weighted by atomic mass is 79.9. The van der Waals surface area contributed by atoms with Crippen molar-refractivity contribution >= 4 is 38.3 Å². The fourth-order valence-corrected chi connectivity index (χ4v) is 2.82. The maximum Gasteiger partial charge on any atom is 0.233 e. The Morgan fingerprint density at radius 3 is 2.88 bits per heavy atom. The molecule has 0 spiro atoms. The maximum atomic E-state index is 11.9. The van der Waals surface area contributed by atoms with Gasteiger partial charge < -0.3 is 11.1 Å². The molecule has 1 aromatic rings. The van der Waals surface area contributed by atoms with Gasteiger partial charge in [-0.05, 0) is 24.6 Å². The predicted octanol–water partition coefficient (Wildman–Crippen LogP) is 1.67. The van der Waals surface area contributed by atoms with Crippen molar-refractivity contribution in [2.45, 2.75) is 18.2 Å². The van der Waals surface area contributed by atoms with Gasteiger partial charge in [0.15, 0.2) is 0 Å². The quantitative estimate of drug-likeness (QED) is 0.811. The summed E-state index contributed by atoms with van der Waals surface area (Å²) >= 11 is 3.28. The van der Waals surface area contributed by atoms with Crippen LogP contribution < -0.4 is 11.1 Å². The van der Waals surface area contributed by atoms with Crippen molar-refractivity contribution in [2.24, 2.45) is 0 Å². The first-order valence-electron chi connectivity index (χ1n) is 5.24. The van der Waals surface area contributed by atoms with Gasteiger partial charge >= 0.3 is 0 Å². The zero-order valence-electron chi connectivity index (χ0n) is 9.53. The molecular formula is C11H15BrN2O2S. The first-order chi connectivity index (χ1) is 8.04. The van der Waals surface area contributed by atoms with Crippen LogP contribution in [-0.4, -0.2) is 22.4 Å². The van der Waals surface area contributed by atoms with Crippen LogP contribution in [0.2, 0.25) is 0 Å². The molecule has 1 atom stereocenters. The van der Waals surface area contributed by atoms with Crippen molar-refractivity contribution in [1.29, 1.82) is 0 Å². The molecule has 0 saturated heterocycles. The minimum absolute atomic E-state index is 0.0549. The van der Waals surface area contributed by atoms with Crippen molar-refractivity contribution in [2.75, 3.05) is 18.0 Å². The lowest BCUT2D eigenvalue weighted by molar-refractivity contribution is -0.118. The van der Waals surface area contributed by atoms with E-state index in [0.29, 0.717) is 17.1 Å². The molecule has 3 N–H and O–H groups in total. The van der Waals surface area contributed by atoms with Gasteiger partial charge in [0.1, 0.15) is 5.75 Å². The van der Waals surface area contributed by atoms with E-state index in [4.69, 9.17) is 5.73 Å². The van der Waals surface area contributed by atoms with E-state index in [2.05, 4.69) is 21.2 Å². The summed E-state index contributed by atoms with van der Waals surface area (Å²) in [5, 5.41) is 2.68. The molecule has 17 heavy (non-hydrogen) atoms. The number of carbonyl (C=O) groups excluding carboxylic acids is 1. The summed E-state index contributed by atoms with van der Waals surface area (Å²) in [6.45, 7) is 2.56. The fraction of sp³-hybridized carbons (Fsp3) is 0.364. The Kier molecular flexibility index (Phi) is 5.64. The average Bonchev–Trinajstić information content (AvgIpc) is 2.29. The summed E-state index contributed by atoms with van der Waals surface area (Å²) in [5.41, 5.74) is 6.16. The van der Waals surface area contributed by atoms with Gasteiger partial charge in [0.25, 0.3) is 0 Å². The zero-order valence-corrected chi connectivity index (χ0v) is 11.9. The van der Waals surface area contributed by atoms with E-state index in [1.165, 1.54) is 0 Å². The second-order valence-electron chi connectivity index (χ2n) is 3.52. The van der Waals surface area contributed by atoms with Gasteiger partial charge in [-0.2, -0.15) is 0 Å². The van der Waals surface area contributed by atoms with E-state index in [9.17, 15) is 9.00 Å². The van der Waals surface area contributed by atoms with E-state index < -0.39 is 10.8 Å². The molecule has 0 aliphatic heterocycles. The molecule has 0 bridgehead atoms. The maximum absolute atomic E-state index is 11.9. The second kappa shape index (κ2) is 6.76. The van der Waals surface area contributed by atoms with E-state index in [1.54, 1.807) is 18.2 Å². The molecule has 1 amide bonds. The van der Waals surface area contributed by atoms with Crippen molar-refractivity contribution in [3.8, 4) is 0 Å². The van der Waals surface area contributed by atoms with E-state index in [1.807, 2.05) is 6.92 Å². The standard InChI is InChI=1S/C11H15BrN2O2S/c1-2-5-14-11(15)7-17(16)10-6-8(12)3-4-9(10)13/h3-4,6H,2,5,7,13H2,1H3,(H,14,15). The molecule has 1 rings (SSSR count). The zero-order chi connectivity index (χ0) is 12.8. The van der Waals surface area contributed by atoms with Crippen LogP contribution in [0.15, 0.2) is 27.6 Å². The smallest absolute Gasteiger partial charge is 0.233 e. The molecule has 0 radical (unpaired) electrons. The number of nitrogen functional groups attached to an aromatic ring is 1. The van der Waals surface area contributed by atoms with Crippen LogP contribution in [-0.2, 0) is 15.6 Å². The van der Waals surface area contributed by atoms with Gasteiger partial charge in [0, 0.05) is 16.7 Å². The third kappa shape index (κ3) is 4.47. The van der Waals surface area contributed by atoms with Crippen LogP contribution in [0.4, 0.5) is 5.69 Å². The van der Waals surface area contributed by atoms with Crippen LogP contribution in [0.25, 0.3) is 0 Å². The highest BCUT2D eigenvalue weighted by Gasteiger charge is 2.12. The molecule has 0 fully saturated rings. The monoisotopic (exact) mass is 318 g/mol. The van der Waals surface area contributed by atoms with Crippen molar-refractivity contribution in [3.63, 3.8) is 0 Å². The molecule has 4 nitrogen and oxygen atoms in total. The van der Waals surface area contributed by atoms with Crippen molar-refractivity contribution < 1.29 is 9.00 Å². The topological polar surface area (TPSA) is 72.2 Å². The Labute approximate surface area is 112 Å². The highest BCUT2D eigenvalue weighted by molar-refractivity contribution is 9.10. The van der Waals surface area contributed by atoms with Crippen molar-refractivity contribution in [3.05, 3.63) is 22.7 Å². The average molecular weight is 319 g/mol. The van der Waals surface area contributed by atoms with E-state index in [0.717, 1.165) is 10.9 Å². The Morgan fingerprint density at radius 1 is 1.53 bits per heavy atom. The number of hydrogen-bond donors (Lipinski definition) is 2. The number of carbonyl (C=O) groups is 1. The van der Waals surface area contributed by atoms with Gasteiger partial charge in [-0.1, -0.05) is 22.9 Å². The number of amides is 1. The molecular weight excluding hydrogens is 304 g/mol. The van der Waals surface area contributed by atoms with Gasteiger partial charge in [-0.3, -0.25) is 9.00 Å². The SMILES string of the molecule is CCCNC(=O)CS(=O)c1cc(Br)ccc1N. The van der Waals surface area contributed by atoms with Gasteiger partial charge in [0.2, 0.25) is 5.91 Å². The first-order valence-corrected chi connectivity index (χ1v) is 7.36. The fourth-order valence-electron chi connectivity index (χ4n) is 1.22. The number of hydrogen-bond acceptors (Lipinski definition) is 3.